The fourth-order valence-electron chi connectivity index (χ4n) is 5.09. The number of ketones is 1. The number of ether oxygens (including phenoxy) is 3. The molecule has 2 aliphatic heterocycles. The summed E-state index contributed by atoms with van der Waals surface area (Å²) in [5.74, 6) is 0.231. The number of anilines is 1. The van der Waals surface area contributed by atoms with Crippen molar-refractivity contribution in [2.75, 3.05) is 18.6 Å². The molecule has 1 fully saturated rings. The summed E-state index contributed by atoms with van der Waals surface area (Å²) in [7, 11) is 1.58. The van der Waals surface area contributed by atoms with E-state index >= 15 is 0 Å². The van der Waals surface area contributed by atoms with E-state index in [4.69, 9.17) is 14.2 Å². The molecule has 3 aromatic carbocycles. The number of nitrogens with zero attached hydrogens (tertiary/aromatic N) is 2. The van der Waals surface area contributed by atoms with Gasteiger partial charge in [-0.1, -0.05) is 36.1 Å². The Bertz CT molecular complexity index is 1690. The van der Waals surface area contributed by atoms with Crippen LogP contribution < -0.4 is 19.1 Å². The first-order chi connectivity index (χ1) is 19.4. The van der Waals surface area contributed by atoms with Crippen LogP contribution >= 0.6 is 11.3 Å². The van der Waals surface area contributed by atoms with Gasteiger partial charge in [0, 0.05) is 12.0 Å². The summed E-state index contributed by atoms with van der Waals surface area (Å²) in [6, 6.07) is 16.9. The van der Waals surface area contributed by atoms with Crippen LogP contribution in [0.25, 0.3) is 16.0 Å². The lowest BCUT2D eigenvalue weighted by Crippen LogP contribution is -2.29. The highest BCUT2D eigenvalue weighted by molar-refractivity contribution is 7.22. The third kappa shape index (κ3) is 4.38. The van der Waals surface area contributed by atoms with Crippen molar-refractivity contribution in [1.82, 2.24) is 4.98 Å². The predicted octanol–water partition coefficient (Wildman–Crippen LogP) is 5.82. The molecule has 1 aromatic heterocycles. The van der Waals surface area contributed by atoms with Gasteiger partial charge in [0.05, 0.1) is 28.9 Å². The van der Waals surface area contributed by atoms with E-state index in [1.54, 1.807) is 61.7 Å². The van der Waals surface area contributed by atoms with Gasteiger partial charge in [0.1, 0.15) is 35.7 Å². The second-order valence-corrected chi connectivity index (χ2v) is 10.6. The van der Waals surface area contributed by atoms with Gasteiger partial charge in [-0.25, -0.2) is 4.98 Å². The number of aromatic nitrogens is 1. The number of carbonyl (C=O) groups excluding carboxylic acids is 2. The Morgan fingerprint density at radius 1 is 1.15 bits per heavy atom. The first-order valence-corrected chi connectivity index (χ1v) is 13.6. The molecule has 2 aliphatic rings. The van der Waals surface area contributed by atoms with E-state index in [-0.39, 0.29) is 17.4 Å². The van der Waals surface area contributed by atoms with Gasteiger partial charge in [0.15, 0.2) is 5.13 Å². The third-order valence-electron chi connectivity index (χ3n) is 6.97. The fraction of sp³-hybridized carbons (Fsp3) is 0.194. The zero-order valence-electron chi connectivity index (χ0n) is 21.9. The molecule has 3 heterocycles. The number of aliphatic hydroxyl groups is 1. The summed E-state index contributed by atoms with van der Waals surface area (Å²) >= 11 is 1.27. The number of thiazole rings is 1. The number of hydrogen-bond donors (Lipinski definition) is 1. The molecule has 4 aromatic rings. The average Bonchev–Trinajstić information content (AvgIpc) is 3.63. The summed E-state index contributed by atoms with van der Waals surface area (Å²) in [6.45, 7) is 5.98. The lowest BCUT2D eigenvalue weighted by atomic mass is 9.94. The summed E-state index contributed by atoms with van der Waals surface area (Å²) in [4.78, 5) is 33.2. The molecule has 0 saturated carbocycles. The Balaban J connectivity index is 1.49. The highest BCUT2D eigenvalue weighted by atomic mass is 32.1. The van der Waals surface area contributed by atoms with Gasteiger partial charge in [-0.2, -0.15) is 0 Å². The minimum Gasteiger partial charge on any atom is -0.507 e. The molecular weight excluding hydrogens is 528 g/mol. The Hall–Kier alpha value is -4.63. The fourth-order valence-corrected chi connectivity index (χ4v) is 6.12. The summed E-state index contributed by atoms with van der Waals surface area (Å²) < 4.78 is 17.6. The normalized spacial score (nSPS) is 19.5. The largest absolute Gasteiger partial charge is 0.507 e. The van der Waals surface area contributed by atoms with Crippen LogP contribution in [0.3, 0.4) is 0 Å². The average molecular weight is 555 g/mol. The zero-order chi connectivity index (χ0) is 28.0. The number of aliphatic hydroxyl groups excluding tert-OH is 1. The van der Waals surface area contributed by atoms with Gasteiger partial charge in [-0.3, -0.25) is 14.5 Å². The molecule has 8 nitrogen and oxygen atoms in total. The summed E-state index contributed by atoms with van der Waals surface area (Å²) in [6.07, 6.45) is 2.36. The first-order valence-electron chi connectivity index (χ1n) is 12.8. The number of Topliss-reactive ketones (excluding diaryl/α,β-unsaturated/α-hetero) is 1. The highest BCUT2D eigenvalue weighted by Crippen LogP contribution is 2.45. The van der Waals surface area contributed by atoms with E-state index < -0.39 is 17.7 Å². The van der Waals surface area contributed by atoms with E-state index in [0.29, 0.717) is 46.3 Å². The maximum atomic E-state index is 13.6. The van der Waals surface area contributed by atoms with Crippen LogP contribution in [0.1, 0.15) is 29.7 Å². The van der Waals surface area contributed by atoms with E-state index in [1.165, 1.54) is 16.2 Å². The van der Waals surface area contributed by atoms with Crippen LogP contribution in [-0.4, -0.2) is 41.6 Å². The van der Waals surface area contributed by atoms with Gasteiger partial charge in [-0.15, -0.1) is 0 Å². The molecule has 0 spiro atoms. The SMILES string of the molecule is C=CCOc1ccc([C@@H]2C(=C(O)c3ccc4c(c3)C[C@@H](C)O4)C(=O)C(=O)N2c2nc3ccc(OC)cc3s2)cc1. The topological polar surface area (TPSA) is 98.2 Å². The number of fused-ring (bicyclic) bond motifs is 2. The molecule has 0 aliphatic carbocycles. The predicted molar refractivity (Wildman–Crippen MR) is 153 cm³/mol. The molecule has 40 heavy (non-hydrogen) atoms. The van der Waals surface area contributed by atoms with Crippen LogP contribution in [0.2, 0.25) is 0 Å². The van der Waals surface area contributed by atoms with E-state index in [1.807, 2.05) is 19.1 Å². The van der Waals surface area contributed by atoms with E-state index in [9.17, 15) is 14.7 Å². The lowest BCUT2D eigenvalue weighted by Gasteiger charge is -2.23. The molecule has 0 bridgehead atoms. The minimum atomic E-state index is -0.903. The molecule has 1 amide bonds. The van der Waals surface area contributed by atoms with E-state index in [2.05, 4.69) is 11.6 Å². The van der Waals surface area contributed by atoms with Crippen molar-refractivity contribution in [1.29, 1.82) is 0 Å². The Morgan fingerprint density at radius 3 is 2.67 bits per heavy atom. The molecule has 1 saturated heterocycles. The zero-order valence-corrected chi connectivity index (χ0v) is 22.7. The molecule has 6 rings (SSSR count). The molecule has 0 radical (unpaired) electrons. The molecule has 1 N–H and O–H groups in total. The number of rotatable bonds is 7. The maximum absolute atomic E-state index is 13.6. The van der Waals surface area contributed by atoms with Gasteiger partial charge >= 0.3 is 5.91 Å². The lowest BCUT2D eigenvalue weighted by molar-refractivity contribution is -0.132. The smallest absolute Gasteiger partial charge is 0.301 e. The van der Waals surface area contributed by atoms with Crippen LogP contribution in [0.15, 0.2) is 78.9 Å². The molecule has 0 unspecified atom stereocenters. The molecule has 2 atom stereocenters. The number of benzene rings is 3. The first kappa shape index (κ1) is 25.6. The van der Waals surface area contributed by atoms with Crippen LogP contribution in [-0.2, 0) is 16.0 Å². The second kappa shape index (κ2) is 10.2. The van der Waals surface area contributed by atoms with Gasteiger partial charge in [-0.05, 0) is 66.6 Å². The monoisotopic (exact) mass is 554 g/mol. The number of carbonyl (C=O) groups is 2. The van der Waals surface area contributed by atoms with Crippen LogP contribution in [0, 0.1) is 0 Å². The van der Waals surface area contributed by atoms with Crippen molar-refractivity contribution >= 4 is 44.1 Å². The quantitative estimate of drug-likeness (QED) is 0.133. The standard InChI is InChI=1S/C31H26N2O6S/c1-4-13-38-21-8-5-18(6-9-21)27-26(28(34)19-7-12-24-20(15-19)14-17(2)39-24)29(35)30(36)33(27)31-32-23-11-10-22(37-3)16-25(23)40-31/h4-12,15-17,27,34H,1,13-14H2,2-3H3/t17-,27-/m1/s1. The summed E-state index contributed by atoms with van der Waals surface area (Å²) in [5, 5.41) is 11.9. The van der Waals surface area contributed by atoms with Crippen molar-refractivity contribution < 1.29 is 28.9 Å². The van der Waals surface area contributed by atoms with Crippen molar-refractivity contribution in [3.05, 3.63) is 95.6 Å². The van der Waals surface area contributed by atoms with Crippen molar-refractivity contribution in [2.24, 2.45) is 0 Å². The highest BCUT2D eigenvalue weighted by Gasteiger charge is 2.48. The number of hydrogen-bond acceptors (Lipinski definition) is 8. The molecular formula is C31H26N2O6S. The van der Waals surface area contributed by atoms with Crippen molar-refractivity contribution in [3.63, 3.8) is 0 Å². The number of amides is 1. The van der Waals surface area contributed by atoms with Crippen molar-refractivity contribution in [2.45, 2.75) is 25.5 Å². The van der Waals surface area contributed by atoms with E-state index in [0.717, 1.165) is 16.0 Å². The second-order valence-electron chi connectivity index (χ2n) is 9.62. The molecule has 9 heteroatoms. The van der Waals surface area contributed by atoms with Crippen LogP contribution in [0.4, 0.5) is 5.13 Å². The third-order valence-corrected chi connectivity index (χ3v) is 7.99. The van der Waals surface area contributed by atoms with Gasteiger partial charge in [0.25, 0.3) is 5.78 Å². The van der Waals surface area contributed by atoms with Gasteiger partial charge in [0.2, 0.25) is 0 Å². The Morgan fingerprint density at radius 2 is 1.93 bits per heavy atom. The Kier molecular flexibility index (Phi) is 6.51. The minimum absolute atomic E-state index is 0.00601. The molecule has 202 valence electrons. The van der Waals surface area contributed by atoms with Gasteiger partial charge < -0.3 is 19.3 Å². The maximum Gasteiger partial charge on any atom is 0.301 e. The Labute approximate surface area is 234 Å². The summed E-state index contributed by atoms with van der Waals surface area (Å²) in [5.41, 5.74) is 2.67. The van der Waals surface area contributed by atoms with Crippen LogP contribution in [0.5, 0.6) is 17.2 Å². The van der Waals surface area contributed by atoms with Crippen molar-refractivity contribution in [3.8, 4) is 17.2 Å². The number of methoxy groups -OCH3 is 1.